The zero-order valence-corrected chi connectivity index (χ0v) is 14.0. The first-order valence-electron chi connectivity index (χ1n) is 6.29. The molecule has 0 aliphatic heterocycles. The van der Waals surface area contributed by atoms with Crippen LogP contribution in [-0.2, 0) is 4.79 Å². The number of hydrogen-bond donors (Lipinski definition) is 2. The van der Waals surface area contributed by atoms with Gasteiger partial charge in [0.15, 0.2) is 0 Å². The number of carbonyl (C=O) groups is 1. The fourth-order valence-electron chi connectivity index (χ4n) is 1.44. The zero-order valence-electron chi connectivity index (χ0n) is 11.7. The highest BCUT2D eigenvalue weighted by Crippen LogP contribution is 2.30. The van der Waals surface area contributed by atoms with Crippen molar-refractivity contribution < 1.29 is 4.79 Å². The predicted molar refractivity (Wildman–Crippen MR) is 84.7 cm³/mol. The third-order valence-electron chi connectivity index (χ3n) is 3.06. The van der Waals surface area contributed by atoms with Crippen molar-refractivity contribution in [2.75, 3.05) is 5.32 Å². The van der Waals surface area contributed by atoms with Crippen molar-refractivity contribution in [1.29, 1.82) is 0 Å². The van der Waals surface area contributed by atoms with Gasteiger partial charge in [-0.25, -0.2) is 0 Å². The van der Waals surface area contributed by atoms with Gasteiger partial charge in [0.2, 0.25) is 5.91 Å². The Hall–Kier alpha value is -0.740. The van der Waals surface area contributed by atoms with Crippen LogP contribution in [-0.4, -0.2) is 17.5 Å². The molecule has 0 saturated heterocycles. The summed E-state index contributed by atoms with van der Waals surface area (Å²) >= 11 is 9.43. The van der Waals surface area contributed by atoms with Gasteiger partial charge in [-0.3, -0.25) is 4.79 Å². The lowest BCUT2D eigenvalue weighted by Crippen LogP contribution is -2.48. The summed E-state index contributed by atoms with van der Waals surface area (Å²) in [6.07, 6.45) is 0.881. The lowest BCUT2D eigenvalue weighted by atomic mass is 10.0. The first kappa shape index (κ1) is 16.3. The van der Waals surface area contributed by atoms with Crippen LogP contribution in [0.3, 0.4) is 0 Å². The fraction of sp³-hybridized carbons (Fsp3) is 0.500. The molecule has 0 aliphatic rings. The lowest BCUT2D eigenvalue weighted by molar-refractivity contribution is -0.123. The molecule has 1 amide bonds. The standard InChI is InChI=1S/C14H20BrClN2O/c1-5-14(3,4)18-13(19)9(2)17-11-8-6-7-10(16)12(11)15/h6-9,17H,5H2,1-4H3,(H,18,19). The van der Waals surface area contributed by atoms with Crippen molar-refractivity contribution in [3.8, 4) is 0 Å². The molecule has 1 rings (SSSR count). The molecule has 0 aliphatic carbocycles. The Morgan fingerprint density at radius 1 is 1.47 bits per heavy atom. The lowest BCUT2D eigenvalue weighted by Gasteiger charge is -2.27. The van der Waals surface area contributed by atoms with Crippen LogP contribution < -0.4 is 10.6 Å². The van der Waals surface area contributed by atoms with Gasteiger partial charge in [0.1, 0.15) is 6.04 Å². The minimum atomic E-state index is -0.333. The maximum Gasteiger partial charge on any atom is 0.242 e. The molecule has 1 aromatic rings. The molecule has 0 radical (unpaired) electrons. The van der Waals surface area contributed by atoms with Gasteiger partial charge in [-0.1, -0.05) is 24.6 Å². The fourth-order valence-corrected chi connectivity index (χ4v) is 2.00. The van der Waals surface area contributed by atoms with Crippen LogP contribution in [0.25, 0.3) is 0 Å². The summed E-state index contributed by atoms with van der Waals surface area (Å²) in [7, 11) is 0. The number of halogens is 2. The molecule has 0 fully saturated rings. The van der Waals surface area contributed by atoms with Gasteiger partial charge in [0.25, 0.3) is 0 Å². The molecule has 19 heavy (non-hydrogen) atoms. The minimum Gasteiger partial charge on any atom is -0.373 e. The van der Waals surface area contributed by atoms with E-state index in [0.717, 1.165) is 16.6 Å². The Labute approximate surface area is 128 Å². The largest absolute Gasteiger partial charge is 0.373 e. The molecule has 0 bridgehead atoms. The van der Waals surface area contributed by atoms with Crippen LogP contribution >= 0.6 is 27.5 Å². The Balaban J connectivity index is 2.72. The van der Waals surface area contributed by atoms with Gasteiger partial charge < -0.3 is 10.6 Å². The summed E-state index contributed by atoms with van der Waals surface area (Å²) in [4.78, 5) is 12.1. The normalized spacial score (nSPS) is 12.9. The molecule has 3 nitrogen and oxygen atoms in total. The monoisotopic (exact) mass is 346 g/mol. The number of anilines is 1. The highest BCUT2D eigenvalue weighted by molar-refractivity contribution is 9.10. The van der Waals surface area contributed by atoms with Crippen molar-refractivity contribution in [1.82, 2.24) is 5.32 Å². The van der Waals surface area contributed by atoms with E-state index in [9.17, 15) is 4.79 Å². The molecule has 2 N–H and O–H groups in total. The molecule has 106 valence electrons. The molecule has 0 spiro atoms. The van der Waals surface area contributed by atoms with E-state index in [0.29, 0.717) is 5.02 Å². The van der Waals surface area contributed by atoms with Gasteiger partial charge in [-0.05, 0) is 55.3 Å². The maximum atomic E-state index is 12.1. The third-order valence-corrected chi connectivity index (χ3v) is 4.46. The van der Waals surface area contributed by atoms with E-state index in [2.05, 4.69) is 26.6 Å². The average molecular weight is 348 g/mol. The minimum absolute atomic E-state index is 0.0290. The summed E-state index contributed by atoms with van der Waals surface area (Å²) in [6, 6.07) is 5.18. The van der Waals surface area contributed by atoms with Gasteiger partial charge in [0.05, 0.1) is 15.2 Å². The highest BCUT2D eigenvalue weighted by atomic mass is 79.9. The molecule has 5 heteroatoms. The van der Waals surface area contributed by atoms with Crippen molar-refractivity contribution >= 4 is 39.1 Å². The second-order valence-corrected chi connectivity index (χ2v) is 6.39. The number of benzene rings is 1. The molecule has 1 unspecified atom stereocenters. The molecule has 1 aromatic carbocycles. The van der Waals surface area contributed by atoms with E-state index >= 15 is 0 Å². The third kappa shape index (κ3) is 4.69. The van der Waals surface area contributed by atoms with Gasteiger partial charge in [-0.15, -0.1) is 0 Å². The number of carbonyl (C=O) groups excluding carboxylic acids is 1. The van der Waals surface area contributed by atoms with E-state index in [1.807, 2.05) is 39.8 Å². The number of rotatable bonds is 5. The Morgan fingerprint density at radius 2 is 2.11 bits per heavy atom. The first-order valence-corrected chi connectivity index (χ1v) is 7.46. The van der Waals surface area contributed by atoms with Crippen LogP contribution in [0.15, 0.2) is 22.7 Å². The topological polar surface area (TPSA) is 41.1 Å². The van der Waals surface area contributed by atoms with Crippen molar-refractivity contribution in [2.24, 2.45) is 0 Å². The van der Waals surface area contributed by atoms with Gasteiger partial charge >= 0.3 is 0 Å². The number of hydrogen-bond acceptors (Lipinski definition) is 2. The van der Waals surface area contributed by atoms with Crippen LogP contribution in [0.4, 0.5) is 5.69 Å². The van der Waals surface area contributed by atoms with Gasteiger partial charge in [0, 0.05) is 5.54 Å². The maximum absolute atomic E-state index is 12.1. The van der Waals surface area contributed by atoms with Crippen molar-refractivity contribution in [2.45, 2.75) is 45.7 Å². The smallest absolute Gasteiger partial charge is 0.242 e. The molecule has 0 aromatic heterocycles. The van der Waals surface area contributed by atoms with E-state index < -0.39 is 0 Å². The quantitative estimate of drug-likeness (QED) is 0.838. The van der Waals surface area contributed by atoms with Crippen LogP contribution in [0.1, 0.15) is 34.1 Å². The second kappa shape index (κ2) is 6.62. The van der Waals surface area contributed by atoms with E-state index in [4.69, 9.17) is 11.6 Å². The zero-order chi connectivity index (χ0) is 14.6. The van der Waals surface area contributed by atoms with E-state index in [-0.39, 0.29) is 17.5 Å². The van der Waals surface area contributed by atoms with Crippen LogP contribution in [0.2, 0.25) is 5.02 Å². The van der Waals surface area contributed by atoms with Crippen LogP contribution in [0, 0.1) is 0 Å². The highest BCUT2D eigenvalue weighted by Gasteiger charge is 2.22. The number of amides is 1. The summed E-state index contributed by atoms with van der Waals surface area (Å²) in [5, 5.41) is 6.78. The van der Waals surface area contributed by atoms with Crippen molar-refractivity contribution in [3.63, 3.8) is 0 Å². The van der Waals surface area contributed by atoms with E-state index in [1.165, 1.54) is 0 Å². The Kier molecular flexibility index (Phi) is 5.68. The molecule has 1 atom stereocenters. The second-order valence-electron chi connectivity index (χ2n) is 5.19. The predicted octanol–water partition coefficient (Wildman–Crippen LogP) is 4.21. The summed E-state index contributed by atoms with van der Waals surface area (Å²) in [5.74, 6) is -0.0290. The Bertz CT molecular complexity index is 463. The molecule has 0 saturated carbocycles. The van der Waals surface area contributed by atoms with Gasteiger partial charge in [-0.2, -0.15) is 0 Å². The van der Waals surface area contributed by atoms with Crippen LogP contribution in [0.5, 0.6) is 0 Å². The van der Waals surface area contributed by atoms with Crippen molar-refractivity contribution in [3.05, 3.63) is 27.7 Å². The molecule has 0 heterocycles. The van der Waals surface area contributed by atoms with E-state index in [1.54, 1.807) is 6.07 Å². The first-order chi connectivity index (χ1) is 8.76. The number of nitrogens with one attached hydrogen (secondary N) is 2. The average Bonchev–Trinajstić information content (AvgIpc) is 2.34. The Morgan fingerprint density at radius 3 is 2.68 bits per heavy atom. The SMILES string of the molecule is CCC(C)(C)NC(=O)C(C)Nc1cccc(Cl)c1Br. The molecular weight excluding hydrogens is 328 g/mol. The summed E-state index contributed by atoms with van der Waals surface area (Å²) in [5.41, 5.74) is 0.614. The summed E-state index contributed by atoms with van der Waals surface area (Å²) in [6.45, 7) is 7.89. The molecular formula is C14H20BrClN2O. The summed E-state index contributed by atoms with van der Waals surface area (Å²) < 4.78 is 0.770.